The van der Waals surface area contributed by atoms with Gasteiger partial charge >= 0.3 is 18.3 Å². The van der Waals surface area contributed by atoms with Crippen LogP contribution in [0.1, 0.15) is 91.4 Å². The first kappa shape index (κ1) is 44.4. The standard InChI is InChI=1S/C23H24BrO3P.C19H30F6O/c1-18-12-13-20(27-23(25)17-24)16-19(18)14-15-28(26,21-8-4-2-5-9-21)22-10-6-3-7-11-22;1-12-6-4-10-16(3)14(12)8-9-15(16)13(2)7-5-11-17(26,18(20,21)22)19(23,24)25/h2-11,14,20H,1,12-13,15-17H2;12-15,26H,4-11H2,1-3H3/b19-14-;/t20-;12-,13?,14?,15+,16-/m00/s1. The molecule has 54 heavy (non-hydrogen) atoms. The van der Waals surface area contributed by atoms with Crippen molar-refractivity contribution in [2.75, 3.05) is 11.5 Å². The lowest BCUT2D eigenvalue weighted by molar-refractivity contribution is -0.370. The highest BCUT2D eigenvalue weighted by atomic mass is 79.9. The summed E-state index contributed by atoms with van der Waals surface area (Å²) in [5, 5.41) is 11.2. The number of alkyl halides is 7. The number of fused-ring (bicyclic) bond motifs is 1. The fourth-order valence-electron chi connectivity index (χ4n) is 9.33. The van der Waals surface area contributed by atoms with Crippen molar-refractivity contribution in [1.29, 1.82) is 0 Å². The molecule has 0 amide bonds. The molecule has 0 spiro atoms. The first-order valence-corrected chi connectivity index (χ1v) is 22.0. The van der Waals surface area contributed by atoms with Gasteiger partial charge in [-0.1, -0.05) is 135 Å². The Labute approximate surface area is 324 Å². The van der Waals surface area contributed by atoms with Gasteiger partial charge < -0.3 is 14.4 Å². The smallest absolute Gasteiger partial charge is 0.426 e. The van der Waals surface area contributed by atoms with Gasteiger partial charge in [0, 0.05) is 23.2 Å². The zero-order valence-corrected chi connectivity index (χ0v) is 33.9. The summed E-state index contributed by atoms with van der Waals surface area (Å²) < 4.78 is 96.3. The number of allylic oxidation sites excluding steroid dienone is 2. The summed E-state index contributed by atoms with van der Waals surface area (Å²) in [5.74, 6) is 1.37. The second-order valence-corrected chi connectivity index (χ2v) is 19.2. The number of carbonyl (C=O) groups is 1. The molecule has 6 atom stereocenters. The van der Waals surface area contributed by atoms with E-state index in [1.165, 1.54) is 6.42 Å². The summed E-state index contributed by atoms with van der Waals surface area (Å²) in [6, 6.07) is 19.3. The van der Waals surface area contributed by atoms with Crippen LogP contribution in [-0.2, 0) is 14.1 Å². The van der Waals surface area contributed by atoms with E-state index in [-0.39, 0.29) is 41.6 Å². The average molecular weight is 848 g/mol. The molecule has 3 fully saturated rings. The van der Waals surface area contributed by atoms with E-state index in [9.17, 15) is 40.8 Å². The molecule has 5 rings (SSSR count). The number of esters is 1. The minimum absolute atomic E-state index is 0.0565. The molecule has 2 unspecified atom stereocenters. The molecule has 2 aromatic rings. The van der Waals surface area contributed by atoms with Crippen LogP contribution in [0.3, 0.4) is 0 Å². The summed E-state index contributed by atoms with van der Waals surface area (Å²) in [4.78, 5) is 11.6. The van der Waals surface area contributed by atoms with E-state index < -0.39 is 31.5 Å². The maximum Gasteiger partial charge on any atom is 0.426 e. The van der Waals surface area contributed by atoms with Crippen molar-refractivity contribution in [2.45, 2.75) is 115 Å². The third-order valence-corrected chi connectivity index (χ3v) is 15.8. The SMILES string of the molecule is C=C1CC[C@H](OC(=O)CBr)C/C1=C/CP(=O)(c1ccccc1)c1ccccc1.CC(CCCC(O)(C(F)(F)F)C(F)(F)F)[C@H]1CCC2[C@@H](C)CCC[C@@]21C. The van der Waals surface area contributed by atoms with Crippen LogP contribution in [0.2, 0.25) is 0 Å². The topological polar surface area (TPSA) is 63.6 Å². The van der Waals surface area contributed by atoms with E-state index >= 15 is 0 Å². The molecule has 0 aromatic heterocycles. The number of rotatable bonds is 11. The van der Waals surface area contributed by atoms with Gasteiger partial charge in [0.1, 0.15) is 18.6 Å². The van der Waals surface area contributed by atoms with Crippen LogP contribution in [0.4, 0.5) is 26.3 Å². The number of benzene rings is 2. The number of hydrogen-bond acceptors (Lipinski definition) is 4. The Morgan fingerprint density at radius 1 is 1.00 bits per heavy atom. The quantitative estimate of drug-likeness (QED) is 0.106. The van der Waals surface area contributed by atoms with Gasteiger partial charge in [0.15, 0.2) is 0 Å². The van der Waals surface area contributed by atoms with E-state index in [0.29, 0.717) is 30.3 Å². The van der Waals surface area contributed by atoms with Gasteiger partial charge in [-0.3, -0.25) is 4.79 Å². The molecule has 300 valence electrons. The molecular weight excluding hydrogens is 793 g/mol. The zero-order valence-electron chi connectivity index (χ0n) is 31.4. The Kier molecular flexibility index (Phi) is 15.0. The number of carbonyl (C=O) groups excluding carboxylic acids is 1. The van der Waals surface area contributed by atoms with Crippen molar-refractivity contribution in [3.8, 4) is 0 Å². The minimum atomic E-state index is -5.71. The molecule has 0 aliphatic heterocycles. The zero-order chi connectivity index (χ0) is 40.0. The highest BCUT2D eigenvalue weighted by molar-refractivity contribution is 9.09. The molecule has 3 aliphatic rings. The van der Waals surface area contributed by atoms with Crippen LogP contribution < -0.4 is 10.6 Å². The van der Waals surface area contributed by atoms with Crippen molar-refractivity contribution in [1.82, 2.24) is 0 Å². The van der Waals surface area contributed by atoms with Crippen molar-refractivity contribution >= 4 is 39.7 Å². The molecule has 0 saturated heterocycles. The summed E-state index contributed by atoms with van der Waals surface area (Å²) in [6.45, 7) is 10.6. The van der Waals surface area contributed by atoms with E-state index in [1.807, 2.05) is 73.7 Å². The monoisotopic (exact) mass is 846 g/mol. The van der Waals surface area contributed by atoms with Crippen molar-refractivity contribution in [3.05, 3.63) is 84.5 Å². The summed E-state index contributed by atoms with van der Waals surface area (Å²) >= 11 is 3.13. The second-order valence-electron chi connectivity index (χ2n) is 15.8. The fourth-order valence-corrected chi connectivity index (χ4v) is 12.0. The molecule has 1 N–H and O–H groups in total. The van der Waals surface area contributed by atoms with Crippen LogP contribution in [-0.4, -0.2) is 46.6 Å². The summed E-state index contributed by atoms with van der Waals surface area (Å²) in [6.07, 6.45) is -2.73. The third kappa shape index (κ3) is 10.1. The van der Waals surface area contributed by atoms with Crippen LogP contribution in [0.15, 0.2) is 84.5 Å². The maximum atomic E-state index is 14.1. The lowest BCUT2D eigenvalue weighted by atomic mass is 9.59. The molecule has 3 saturated carbocycles. The van der Waals surface area contributed by atoms with Gasteiger partial charge in [-0.2, -0.15) is 26.3 Å². The van der Waals surface area contributed by atoms with Crippen LogP contribution in [0.5, 0.6) is 0 Å². The van der Waals surface area contributed by atoms with Crippen molar-refractivity contribution in [2.24, 2.45) is 29.1 Å². The van der Waals surface area contributed by atoms with Crippen LogP contribution >= 0.6 is 23.1 Å². The number of ether oxygens (including phenoxy) is 1. The lowest BCUT2D eigenvalue weighted by Crippen LogP contribution is -2.56. The Balaban J connectivity index is 0.000000241. The van der Waals surface area contributed by atoms with Crippen molar-refractivity contribution < 1.29 is 45.5 Å². The van der Waals surface area contributed by atoms with Gasteiger partial charge in [0.05, 0.1) is 0 Å². The minimum Gasteiger partial charge on any atom is -0.461 e. The van der Waals surface area contributed by atoms with E-state index in [2.05, 4.69) is 36.4 Å². The molecule has 0 bridgehead atoms. The highest BCUT2D eigenvalue weighted by Gasteiger charge is 2.69. The number of halogens is 7. The van der Waals surface area contributed by atoms with Crippen molar-refractivity contribution in [3.63, 3.8) is 0 Å². The predicted octanol–water partition coefficient (Wildman–Crippen LogP) is 11.5. The number of hydrogen-bond donors (Lipinski definition) is 1. The van der Waals surface area contributed by atoms with Crippen LogP contribution in [0.25, 0.3) is 0 Å². The van der Waals surface area contributed by atoms with Crippen LogP contribution in [0, 0.1) is 29.1 Å². The summed E-state index contributed by atoms with van der Waals surface area (Å²) in [5.41, 5.74) is -2.38. The van der Waals surface area contributed by atoms with E-state index in [0.717, 1.165) is 60.3 Å². The molecule has 0 heterocycles. The first-order valence-electron chi connectivity index (χ1n) is 19.0. The normalized spacial score (nSPS) is 26.4. The molecule has 2 aromatic carbocycles. The number of aliphatic hydroxyl groups is 1. The third-order valence-electron chi connectivity index (χ3n) is 12.4. The Hall–Kier alpha value is -2.36. The van der Waals surface area contributed by atoms with E-state index in [4.69, 9.17) is 4.74 Å². The van der Waals surface area contributed by atoms with Gasteiger partial charge in [0.25, 0.3) is 5.60 Å². The molecule has 0 radical (unpaired) electrons. The summed E-state index contributed by atoms with van der Waals surface area (Å²) in [7, 11) is -2.80. The van der Waals surface area contributed by atoms with Gasteiger partial charge in [-0.25, -0.2) is 0 Å². The second kappa shape index (κ2) is 18.3. The van der Waals surface area contributed by atoms with E-state index in [1.54, 1.807) is 0 Å². The maximum absolute atomic E-state index is 14.1. The van der Waals surface area contributed by atoms with Gasteiger partial charge in [-0.15, -0.1) is 0 Å². The Bertz CT molecular complexity index is 1570. The largest absolute Gasteiger partial charge is 0.461 e. The highest BCUT2D eigenvalue weighted by Crippen LogP contribution is 2.60. The lowest BCUT2D eigenvalue weighted by Gasteiger charge is -2.46. The average Bonchev–Trinajstić information content (AvgIpc) is 3.49. The first-order chi connectivity index (χ1) is 25.3. The predicted molar refractivity (Wildman–Crippen MR) is 207 cm³/mol. The molecule has 4 nitrogen and oxygen atoms in total. The van der Waals surface area contributed by atoms with Gasteiger partial charge in [-0.05, 0) is 79.6 Å². The fraction of sp³-hybridized carbons (Fsp3) is 0.595. The Morgan fingerprint density at radius 2 is 1.57 bits per heavy atom. The Morgan fingerprint density at radius 3 is 2.11 bits per heavy atom. The molecule has 3 aliphatic carbocycles. The molecule has 12 heteroatoms. The molecular formula is C42H54BrF6O4P. The van der Waals surface area contributed by atoms with Gasteiger partial charge in [0.2, 0.25) is 0 Å².